The van der Waals surface area contributed by atoms with Gasteiger partial charge in [0, 0.05) is 12.6 Å². The molecule has 1 aromatic rings. The van der Waals surface area contributed by atoms with Crippen molar-refractivity contribution in [2.24, 2.45) is 0 Å². The largest absolute Gasteiger partial charge is 0.454 e. The Bertz CT molecular complexity index is 504. The van der Waals surface area contributed by atoms with Crippen molar-refractivity contribution in [3.05, 3.63) is 23.8 Å². The molecule has 116 valence electrons. The van der Waals surface area contributed by atoms with Gasteiger partial charge in [0.25, 0.3) is 0 Å². The molecular weight excluding hydrogens is 272 g/mol. The number of benzene rings is 1. The molecule has 0 saturated carbocycles. The Balaban J connectivity index is 1.87. The third-order valence-corrected chi connectivity index (χ3v) is 3.22. The third-order valence-electron chi connectivity index (χ3n) is 3.22. The molecule has 2 rings (SSSR count). The van der Waals surface area contributed by atoms with Gasteiger partial charge in [0.2, 0.25) is 12.7 Å². The summed E-state index contributed by atoms with van der Waals surface area (Å²) in [6.07, 6.45) is -0.714. The number of fused-ring (bicyclic) bond motifs is 1. The van der Waals surface area contributed by atoms with Crippen LogP contribution in [0, 0.1) is 0 Å². The van der Waals surface area contributed by atoms with Gasteiger partial charge in [-0.15, -0.1) is 0 Å². The van der Waals surface area contributed by atoms with Crippen molar-refractivity contribution < 1.29 is 19.4 Å². The summed E-state index contributed by atoms with van der Waals surface area (Å²) in [5.41, 5.74) is 0.725. The third kappa shape index (κ3) is 4.09. The lowest BCUT2D eigenvalue weighted by Crippen LogP contribution is -2.45. The number of nitrogens with one attached hydrogen (secondary N) is 2. The average Bonchev–Trinajstić information content (AvgIpc) is 2.90. The maximum atomic E-state index is 11.8. The number of ether oxygens (including phenoxy) is 2. The highest BCUT2D eigenvalue weighted by Gasteiger charge is 2.18. The van der Waals surface area contributed by atoms with Gasteiger partial charge in [-0.1, -0.05) is 6.07 Å². The second-order valence-electron chi connectivity index (χ2n) is 5.42. The maximum absolute atomic E-state index is 11.8. The minimum absolute atomic E-state index is 0.0807. The molecule has 0 saturated heterocycles. The molecular formula is C15H22N2O4. The Morgan fingerprint density at radius 2 is 2.00 bits per heavy atom. The lowest BCUT2D eigenvalue weighted by molar-refractivity contribution is -0.123. The lowest BCUT2D eigenvalue weighted by Gasteiger charge is -2.18. The number of rotatable bonds is 6. The summed E-state index contributed by atoms with van der Waals surface area (Å²) < 4.78 is 10.5. The van der Waals surface area contributed by atoms with E-state index in [0.717, 1.165) is 5.56 Å². The summed E-state index contributed by atoms with van der Waals surface area (Å²) in [6, 6.07) is 5.05. The van der Waals surface area contributed by atoms with Gasteiger partial charge < -0.3 is 25.2 Å². The first-order valence-corrected chi connectivity index (χ1v) is 7.08. The van der Waals surface area contributed by atoms with E-state index in [4.69, 9.17) is 9.47 Å². The van der Waals surface area contributed by atoms with Crippen LogP contribution >= 0.6 is 0 Å². The van der Waals surface area contributed by atoms with Crippen LogP contribution in [0.3, 0.4) is 0 Å². The highest BCUT2D eigenvalue weighted by Crippen LogP contribution is 2.34. The summed E-state index contributed by atoms with van der Waals surface area (Å²) in [7, 11) is 0. The molecule has 2 unspecified atom stereocenters. The fourth-order valence-electron chi connectivity index (χ4n) is 2.03. The second-order valence-corrected chi connectivity index (χ2v) is 5.42. The van der Waals surface area contributed by atoms with E-state index in [2.05, 4.69) is 10.6 Å². The zero-order valence-electron chi connectivity index (χ0n) is 12.6. The Morgan fingerprint density at radius 3 is 2.71 bits per heavy atom. The van der Waals surface area contributed by atoms with Gasteiger partial charge in [0.15, 0.2) is 11.5 Å². The Labute approximate surface area is 124 Å². The molecule has 0 fully saturated rings. The van der Waals surface area contributed by atoms with Crippen LogP contribution in [0.1, 0.15) is 32.4 Å². The van der Waals surface area contributed by atoms with Crippen LogP contribution in [0.25, 0.3) is 0 Å². The van der Waals surface area contributed by atoms with Gasteiger partial charge in [-0.05, 0) is 38.5 Å². The average molecular weight is 294 g/mol. The van der Waals surface area contributed by atoms with Crippen molar-refractivity contribution in [2.75, 3.05) is 13.3 Å². The number of carbonyl (C=O) groups is 1. The molecule has 0 bridgehead atoms. The van der Waals surface area contributed by atoms with Crippen molar-refractivity contribution in [3.8, 4) is 11.5 Å². The molecule has 0 spiro atoms. The normalized spacial score (nSPS) is 15.9. The Morgan fingerprint density at radius 1 is 1.29 bits per heavy atom. The molecule has 6 heteroatoms. The summed E-state index contributed by atoms with van der Waals surface area (Å²) in [6.45, 7) is 6.08. The Kier molecular flexibility index (Phi) is 5.03. The molecule has 0 radical (unpaired) electrons. The van der Waals surface area contributed by atoms with Crippen LogP contribution in [0.4, 0.5) is 0 Å². The second kappa shape index (κ2) is 6.78. The topological polar surface area (TPSA) is 79.8 Å². The highest BCUT2D eigenvalue weighted by molar-refractivity contribution is 5.81. The first-order valence-electron chi connectivity index (χ1n) is 7.08. The van der Waals surface area contributed by atoms with Crippen molar-refractivity contribution in [3.63, 3.8) is 0 Å². The van der Waals surface area contributed by atoms with E-state index in [9.17, 15) is 9.90 Å². The number of amides is 1. The van der Waals surface area contributed by atoms with E-state index in [1.54, 1.807) is 25.1 Å². The minimum atomic E-state index is -0.714. The lowest BCUT2D eigenvalue weighted by atomic mass is 10.1. The SMILES string of the molecule is CC(C)NC(=O)C(C)NCC(O)c1ccc2c(c1)OCO2. The molecule has 1 aliphatic rings. The molecule has 1 heterocycles. The van der Waals surface area contributed by atoms with Crippen molar-refractivity contribution >= 4 is 5.91 Å². The van der Waals surface area contributed by atoms with Gasteiger partial charge in [0.05, 0.1) is 12.1 Å². The summed E-state index contributed by atoms with van der Waals surface area (Å²) in [5.74, 6) is 1.24. The van der Waals surface area contributed by atoms with E-state index < -0.39 is 6.10 Å². The highest BCUT2D eigenvalue weighted by atomic mass is 16.7. The van der Waals surface area contributed by atoms with Crippen LogP contribution in [0.2, 0.25) is 0 Å². The predicted molar refractivity (Wildman–Crippen MR) is 78.3 cm³/mol. The molecule has 6 nitrogen and oxygen atoms in total. The first-order chi connectivity index (χ1) is 9.97. The quantitative estimate of drug-likeness (QED) is 0.728. The van der Waals surface area contributed by atoms with E-state index >= 15 is 0 Å². The van der Waals surface area contributed by atoms with Crippen LogP contribution in [0.15, 0.2) is 18.2 Å². The summed E-state index contributed by atoms with van der Waals surface area (Å²) in [4.78, 5) is 11.8. The first kappa shape index (κ1) is 15.6. The zero-order valence-corrected chi connectivity index (χ0v) is 12.6. The fraction of sp³-hybridized carbons (Fsp3) is 0.533. The van der Waals surface area contributed by atoms with Gasteiger partial charge in [-0.25, -0.2) is 0 Å². The van der Waals surface area contributed by atoms with Crippen LogP contribution < -0.4 is 20.1 Å². The molecule has 3 N–H and O–H groups in total. The molecule has 21 heavy (non-hydrogen) atoms. The molecule has 0 aliphatic carbocycles. The van der Waals surface area contributed by atoms with Crippen molar-refractivity contribution in [1.82, 2.24) is 10.6 Å². The zero-order chi connectivity index (χ0) is 15.4. The van der Waals surface area contributed by atoms with Crippen LogP contribution in [-0.4, -0.2) is 36.4 Å². The Hall–Kier alpha value is -1.79. The maximum Gasteiger partial charge on any atom is 0.237 e. The summed E-state index contributed by atoms with van der Waals surface area (Å²) in [5, 5.41) is 16.0. The molecule has 2 atom stereocenters. The minimum Gasteiger partial charge on any atom is -0.454 e. The van der Waals surface area contributed by atoms with Gasteiger partial charge >= 0.3 is 0 Å². The van der Waals surface area contributed by atoms with Crippen molar-refractivity contribution in [1.29, 1.82) is 0 Å². The number of aliphatic hydroxyl groups excluding tert-OH is 1. The fourth-order valence-corrected chi connectivity index (χ4v) is 2.03. The van der Waals surface area contributed by atoms with E-state index in [-0.39, 0.29) is 31.3 Å². The smallest absolute Gasteiger partial charge is 0.237 e. The molecule has 0 aromatic heterocycles. The van der Waals surface area contributed by atoms with E-state index in [1.165, 1.54) is 0 Å². The van der Waals surface area contributed by atoms with Crippen LogP contribution in [-0.2, 0) is 4.79 Å². The molecule has 1 amide bonds. The number of hydrogen-bond acceptors (Lipinski definition) is 5. The number of aliphatic hydroxyl groups is 1. The van der Waals surface area contributed by atoms with Crippen LogP contribution in [0.5, 0.6) is 11.5 Å². The number of hydrogen-bond donors (Lipinski definition) is 3. The van der Waals surface area contributed by atoms with E-state index in [0.29, 0.717) is 11.5 Å². The molecule has 1 aromatic carbocycles. The van der Waals surface area contributed by atoms with Gasteiger partial charge in [-0.2, -0.15) is 0 Å². The number of carbonyl (C=O) groups excluding carboxylic acids is 1. The molecule has 1 aliphatic heterocycles. The van der Waals surface area contributed by atoms with Gasteiger partial charge in [-0.3, -0.25) is 4.79 Å². The van der Waals surface area contributed by atoms with Crippen molar-refractivity contribution in [2.45, 2.75) is 39.0 Å². The monoisotopic (exact) mass is 294 g/mol. The predicted octanol–water partition coefficient (Wildman–Crippen LogP) is 0.951. The summed E-state index contributed by atoms with van der Waals surface area (Å²) >= 11 is 0. The standard InChI is InChI=1S/C15H22N2O4/c1-9(2)17-15(19)10(3)16-7-12(18)11-4-5-13-14(6-11)21-8-20-13/h4-6,9-10,12,16,18H,7-8H2,1-3H3,(H,17,19). The van der Waals surface area contributed by atoms with Gasteiger partial charge in [0.1, 0.15) is 0 Å². The van der Waals surface area contributed by atoms with E-state index in [1.807, 2.05) is 13.8 Å².